The van der Waals surface area contributed by atoms with Crippen LogP contribution in [0.5, 0.6) is 5.75 Å². The third-order valence-corrected chi connectivity index (χ3v) is 5.88. The zero-order chi connectivity index (χ0) is 27.1. The number of para-hydroxylation sites is 1. The van der Waals surface area contributed by atoms with Crippen LogP contribution in [0.1, 0.15) is 42.3 Å². The highest BCUT2D eigenvalue weighted by molar-refractivity contribution is 6.32. The molecule has 194 valence electrons. The number of carbonyl (C=O) groups is 3. The monoisotopic (exact) mass is 511 g/mol. The molecule has 3 aromatic carbocycles. The summed E-state index contributed by atoms with van der Waals surface area (Å²) in [5, 5.41) is 8.54. The first-order chi connectivity index (χ1) is 18.4. The first-order valence-corrected chi connectivity index (χ1v) is 12.4. The molecule has 0 saturated carbocycles. The van der Waals surface area contributed by atoms with Crippen molar-refractivity contribution in [2.75, 3.05) is 23.5 Å². The van der Waals surface area contributed by atoms with E-state index >= 15 is 0 Å². The van der Waals surface area contributed by atoms with E-state index in [1.165, 1.54) is 5.01 Å². The van der Waals surface area contributed by atoms with Gasteiger partial charge >= 0.3 is 5.97 Å². The second kappa shape index (κ2) is 12.0. The van der Waals surface area contributed by atoms with Crippen LogP contribution in [0.3, 0.4) is 0 Å². The van der Waals surface area contributed by atoms with Gasteiger partial charge in [0.1, 0.15) is 5.75 Å². The molecule has 2 amide bonds. The van der Waals surface area contributed by atoms with E-state index in [0.29, 0.717) is 39.5 Å². The summed E-state index contributed by atoms with van der Waals surface area (Å²) in [6, 6.07) is 21.3. The van der Waals surface area contributed by atoms with Crippen LogP contribution >= 0.6 is 0 Å². The summed E-state index contributed by atoms with van der Waals surface area (Å²) in [6.07, 6.45) is 2.58. The summed E-state index contributed by atoms with van der Waals surface area (Å²) in [5.74, 6) is -0.551. The molecule has 0 radical (unpaired) electrons. The van der Waals surface area contributed by atoms with E-state index in [2.05, 4.69) is 17.3 Å². The number of amides is 2. The van der Waals surface area contributed by atoms with Gasteiger partial charge in [-0.05, 0) is 74.4 Å². The Morgan fingerprint density at radius 3 is 2.50 bits per heavy atom. The number of nitrogens with one attached hydrogen (secondary N) is 1. The minimum Gasteiger partial charge on any atom is -0.483 e. The van der Waals surface area contributed by atoms with E-state index in [-0.39, 0.29) is 25.0 Å². The van der Waals surface area contributed by atoms with Gasteiger partial charge in [0.05, 0.1) is 29.1 Å². The Hall–Kier alpha value is -4.72. The van der Waals surface area contributed by atoms with E-state index in [9.17, 15) is 14.4 Å². The molecule has 3 aromatic rings. The van der Waals surface area contributed by atoms with E-state index in [1.54, 1.807) is 56.3 Å². The van der Waals surface area contributed by atoms with Crippen molar-refractivity contribution in [1.29, 1.82) is 0 Å². The molecular weight excluding hydrogens is 482 g/mol. The summed E-state index contributed by atoms with van der Waals surface area (Å²) >= 11 is 0. The SMILES string of the molecule is CCOC(=O)c1ccc(N2N=C(C)/C(=C\c3ccccc3OCC(=O)Nc3cccc(CC)c3)C2=O)cc1. The number of anilines is 2. The number of aryl methyl sites for hydroxylation is 1. The highest BCUT2D eigenvalue weighted by atomic mass is 16.5. The molecule has 38 heavy (non-hydrogen) atoms. The first kappa shape index (κ1) is 26.3. The van der Waals surface area contributed by atoms with Crippen LogP contribution in [-0.4, -0.2) is 36.7 Å². The molecule has 0 atom stereocenters. The van der Waals surface area contributed by atoms with Crippen LogP contribution in [0.25, 0.3) is 6.08 Å². The first-order valence-electron chi connectivity index (χ1n) is 12.4. The molecule has 0 saturated heterocycles. The quantitative estimate of drug-likeness (QED) is 0.313. The number of esters is 1. The largest absolute Gasteiger partial charge is 0.483 e. The smallest absolute Gasteiger partial charge is 0.338 e. The van der Waals surface area contributed by atoms with E-state index in [1.807, 2.05) is 36.4 Å². The summed E-state index contributed by atoms with van der Waals surface area (Å²) < 4.78 is 10.8. The highest BCUT2D eigenvalue weighted by Crippen LogP contribution is 2.28. The van der Waals surface area contributed by atoms with Gasteiger partial charge in [-0.15, -0.1) is 0 Å². The fraction of sp³-hybridized carbons (Fsp3) is 0.200. The van der Waals surface area contributed by atoms with Gasteiger partial charge in [-0.3, -0.25) is 9.59 Å². The number of ether oxygens (including phenoxy) is 2. The highest BCUT2D eigenvalue weighted by Gasteiger charge is 2.29. The third-order valence-electron chi connectivity index (χ3n) is 5.88. The maximum atomic E-state index is 13.2. The second-order valence-electron chi connectivity index (χ2n) is 8.56. The zero-order valence-corrected chi connectivity index (χ0v) is 21.6. The maximum Gasteiger partial charge on any atom is 0.338 e. The molecule has 0 aliphatic carbocycles. The standard InChI is InChI=1S/C30H29N3O5/c1-4-21-9-8-11-24(17-21)31-28(34)19-38-27-12-7-6-10-23(27)18-26-20(3)32-33(29(26)35)25-15-13-22(14-16-25)30(36)37-5-2/h6-18H,4-5,19H2,1-3H3,(H,31,34)/b26-18+. The molecule has 0 unspecified atom stereocenters. The lowest BCUT2D eigenvalue weighted by Gasteiger charge is -2.13. The molecule has 0 fully saturated rings. The van der Waals surface area contributed by atoms with Gasteiger partial charge in [-0.25, -0.2) is 4.79 Å². The summed E-state index contributed by atoms with van der Waals surface area (Å²) in [7, 11) is 0. The lowest BCUT2D eigenvalue weighted by atomic mass is 10.1. The Balaban J connectivity index is 1.46. The average molecular weight is 512 g/mol. The van der Waals surface area contributed by atoms with Crippen LogP contribution < -0.4 is 15.1 Å². The molecule has 1 N–H and O–H groups in total. The molecule has 8 heteroatoms. The van der Waals surface area contributed by atoms with Crippen molar-refractivity contribution in [2.24, 2.45) is 5.10 Å². The number of hydrazone groups is 1. The molecule has 0 aromatic heterocycles. The van der Waals surface area contributed by atoms with Crippen molar-refractivity contribution < 1.29 is 23.9 Å². The zero-order valence-electron chi connectivity index (χ0n) is 21.6. The van der Waals surface area contributed by atoms with E-state index in [4.69, 9.17) is 9.47 Å². The number of carbonyl (C=O) groups excluding carboxylic acids is 3. The van der Waals surface area contributed by atoms with Gasteiger partial charge in [0.25, 0.3) is 11.8 Å². The fourth-order valence-corrected chi connectivity index (χ4v) is 3.91. The van der Waals surface area contributed by atoms with Crippen molar-refractivity contribution >= 4 is 40.9 Å². The van der Waals surface area contributed by atoms with Gasteiger partial charge in [-0.2, -0.15) is 10.1 Å². The van der Waals surface area contributed by atoms with Crippen molar-refractivity contribution in [3.05, 3.63) is 95.1 Å². The Morgan fingerprint density at radius 2 is 1.76 bits per heavy atom. The number of benzene rings is 3. The Bertz CT molecular complexity index is 1410. The summed E-state index contributed by atoms with van der Waals surface area (Å²) in [5.41, 5.74) is 4.34. The Labute approximate surface area is 221 Å². The van der Waals surface area contributed by atoms with Crippen LogP contribution in [0.15, 0.2) is 83.5 Å². The van der Waals surface area contributed by atoms with Crippen molar-refractivity contribution in [2.45, 2.75) is 27.2 Å². The molecule has 0 bridgehead atoms. The van der Waals surface area contributed by atoms with Crippen molar-refractivity contribution in [3.63, 3.8) is 0 Å². The maximum absolute atomic E-state index is 13.2. The molecule has 1 aliphatic rings. The van der Waals surface area contributed by atoms with E-state index < -0.39 is 5.97 Å². The van der Waals surface area contributed by atoms with Crippen LogP contribution in [0, 0.1) is 0 Å². The molecule has 1 heterocycles. The topological polar surface area (TPSA) is 97.3 Å². The minimum absolute atomic E-state index is 0.184. The average Bonchev–Trinajstić information content (AvgIpc) is 3.21. The third kappa shape index (κ3) is 6.15. The van der Waals surface area contributed by atoms with Gasteiger partial charge in [0, 0.05) is 11.3 Å². The van der Waals surface area contributed by atoms with Crippen molar-refractivity contribution in [1.82, 2.24) is 0 Å². The predicted molar refractivity (Wildman–Crippen MR) is 147 cm³/mol. The molecule has 0 spiro atoms. The fourth-order valence-electron chi connectivity index (χ4n) is 3.91. The molecule has 8 nitrogen and oxygen atoms in total. The van der Waals surface area contributed by atoms with Crippen LogP contribution in [0.2, 0.25) is 0 Å². The predicted octanol–water partition coefficient (Wildman–Crippen LogP) is 5.25. The summed E-state index contributed by atoms with van der Waals surface area (Å²) in [6.45, 7) is 5.64. The van der Waals surface area contributed by atoms with Gasteiger partial charge in [0.2, 0.25) is 0 Å². The lowest BCUT2D eigenvalue weighted by molar-refractivity contribution is -0.118. The van der Waals surface area contributed by atoms with Crippen LogP contribution in [-0.2, 0) is 20.7 Å². The molecule has 4 rings (SSSR count). The van der Waals surface area contributed by atoms with Gasteiger partial charge < -0.3 is 14.8 Å². The lowest BCUT2D eigenvalue weighted by Crippen LogP contribution is -2.21. The van der Waals surface area contributed by atoms with Gasteiger partial charge in [-0.1, -0.05) is 37.3 Å². The number of hydrogen-bond donors (Lipinski definition) is 1. The normalized spacial score (nSPS) is 13.9. The number of hydrogen-bond acceptors (Lipinski definition) is 6. The second-order valence-corrected chi connectivity index (χ2v) is 8.56. The van der Waals surface area contributed by atoms with Crippen molar-refractivity contribution in [3.8, 4) is 5.75 Å². The van der Waals surface area contributed by atoms with Gasteiger partial charge in [0.15, 0.2) is 6.61 Å². The number of nitrogens with zero attached hydrogens (tertiary/aromatic N) is 2. The summed E-state index contributed by atoms with van der Waals surface area (Å²) in [4.78, 5) is 37.6. The molecular formula is C30H29N3O5. The Kier molecular flexibility index (Phi) is 8.33. The van der Waals surface area contributed by atoms with Crippen LogP contribution in [0.4, 0.5) is 11.4 Å². The minimum atomic E-state index is -0.424. The molecule has 1 aliphatic heterocycles. The number of rotatable bonds is 9. The Morgan fingerprint density at radius 1 is 1.00 bits per heavy atom. The van der Waals surface area contributed by atoms with E-state index in [0.717, 1.165) is 12.0 Å².